The zero-order valence-corrected chi connectivity index (χ0v) is 14.3. The Kier molecular flexibility index (Phi) is 5.25. The summed E-state index contributed by atoms with van der Waals surface area (Å²) in [5.74, 6) is -0.00197. The van der Waals surface area contributed by atoms with Crippen molar-refractivity contribution >= 4 is 33.8 Å². The molecule has 0 saturated heterocycles. The number of nitrogens with one attached hydrogen (secondary N) is 2. The second kappa shape index (κ2) is 7.76. The Morgan fingerprint density at radius 1 is 1.20 bits per heavy atom. The molecule has 0 atom stereocenters. The Labute approximate surface area is 148 Å². The standard InChI is InChI=1S/C18H16FN3O2S/c1-2-24-15-8-6-13(7-9-15)21-18-22-16(11-25-18)17(23)20-14-5-3-4-12(19)10-14/h3-11H,2H2,1H3,(H,20,23)(H,21,22). The van der Waals surface area contributed by atoms with E-state index in [1.165, 1.54) is 29.5 Å². The monoisotopic (exact) mass is 357 g/mol. The number of rotatable bonds is 6. The van der Waals surface area contributed by atoms with Crippen LogP contribution in [-0.2, 0) is 0 Å². The van der Waals surface area contributed by atoms with Crippen LogP contribution in [0.3, 0.4) is 0 Å². The highest BCUT2D eigenvalue weighted by Crippen LogP contribution is 2.23. The predicted molar refractivity (Wildman–Crippen MR) is 97.4 cm³/mol. The molecule has 0 fully saturated rings. The van der Waals surface area contributed by atoms with E-state index in [-0.39, 0.29) is 11.6 Å². The average molecular weight is 357 g/mol. The molecule has 0 aliphatic heterocycles. The van der Waals surface area contributed by atoms with Crippen molar-refractivity contribution in [2.24, 2.45) is 0 Å². The van der Waals surface area contributed by atoms with Crippen LogP contribution in [0.25, 0.3) is 0 Å². The normalized spacial score (nSPS) is 10.3. The molecule has 0 aliphatic carbocycles. The number of anilines is 3. The fourth-order valence-electron chi connectivity index (χ4n) is 2.12. The van der Waals surface area contributed by atoms with Crippen LogP contribution in [0.4, 0.5) is 20.9 Å². The number of carbonyl (C=O) groups is 1. The third-order valence-electron chi connectivity index (χ3n) is 3.24. The van der Waals surface area contributed by atoms with Gasteiger partial charge >= 0.3 is 0 Å². The molecule has 2 N–H and O–H groups in total. The molecule has 1 amide bonds. The zero-order valence-electron chi connectivity index (χ0n) is 13.5. The molecule has 1 aromatic heterocycles. The van der Waals surface area contributed by atoms with Gasteiger partial charge in [-0.1, -0.05) is 6.07 Å². The second-order valence-corrected chi connectivity index (χ2v) is 5.94. The number of ether oxygens (including phenoxy) is 1. The van der Waals surface area contributed by atoms with Gasteiger partial charge in [0.1, 0.15) is 17.3 Å². The van der Waals surface area contributed by atoms with E-state index in [0.29, 0.717) is 17.4 Å². The van der Waals surface area contributed by atoms with Gasteiger partial charge in [0.2, 0.25) is 0 Å². The van der Waals surface area contributed by atoms with Crippen molar-refractivity contribution in [3.8, 4) is 5.75 Å². The minimum absolute atomic E-state index is 0.266. The van der Waals surface area contributed by atoms with Crippen LogP contribution in [0.2, 0.25) is 0 Å². The number of carbonyl (C=O) groups excluding carboxylic acids is 1. The number of benzene rings is 2. The molecular formula is C18H16FN3O2S. The molecule has 3 rings (SSSR count). The fraction of sp³-hybridized carbons (Fsp3) is 0.111. The number of halogens is 1. The Hall–Kier alpha value is -2.93. The molecule has 0 unspecified atom stereocenters. The van der Waals surface area contributed by atoms with Crippen LogP contribution >= 0.6 is 11.3 Å². The summed E-state index contributed by atoms with van der Waals surface area (Å²) in [6.45, 7) is 2.54. The van der Waals surface area contributed by atoms with Crippen LogP contribution in [0.15, 0.2) is 53.9 Å². The van der Waals surface area contributed by atoms with Crippen molar-refractivity contribution in [3.63, 3.8) is 0 Å². The minimum atomic E-state index is -0.408. The van der Waals surface area contributed by atoms with E-state index in [1.54, 1.807) is 11.4 Å². The molecule has 0 aliphatic rings. The molecule has 5 nitrogen and oxygen atoms in total. The van der Waals surface area contributed by atoms with Gasteiger partial charge in [-0.2, -0.15) is 0 Å². The van der Waals surface area contributed by atoms with Crippen LogP contribution in [-0.4, -0.2) is 17.5 Å². The van der Waals surface area contributed by atoms with Gasteiger partial charge in [-0.25, -0.2) is 9.37 Å². The van der Waals surface area contributed by atoms with E-state index in [4.69, 9.17) is 4.74 Å². The lowest BCUT2D eigenvalue weighted by molar-refractivity contribution is 0.102. The minimum Gasteiger partial charge on any atom is -0.494 e. The van der Waals surface area contributed by atoms with Crippen LogP contribution in [0.1, 0.15) is 17.4 Å². The first-order valence-corrected chi connectivity index (χ1v) is 8.54. The van der Waals surface area contributed by atoms with Gasteiger partial charge in [-0.05, 0) is 49.4 Å². The molecule has 0 radical (unpaired) electrons. The molecule has 128 valence electrons. The number of hydrogen-bond donors (Lipinski definition) is 2. The zero-order chi connectivity index (χ0) is 17.6. The van der Waals surface area contributed by atoms with Crippen molar-refractivity contribution in [3.05, 3.63) is 65.4 Å². The summed E-state index contributed by atoms with van der Waals surface area (Å²) in [6.07, 6.45) is 0. The van der Waals surface area contributed by atoms with Crippen molar-refractivity contribution in [1.82, 2.24) is 4.98 Å². The number of amides is 1. The number of thiazole rings is 1. The molecule has 3 aromatic rings. The molecule has 0 bridgehead atoms. The van der Waals surface area contributed by atoms with Gasteiger partial charge in [0.15, 0.2) is 5.13 Å². The lowest BCUT2D eigenvalue weighted by atomic mass is 10.3. The summed E-state index contributed by atoms with van der Waals surface area (Å²) >= 11 is 1.31. The van der Waals surface area contributed by atoms with Crippen LogP contribution in [0, 0.1) is 5.82 Å². The maximum absolute atomic E-state index is 13.2. The fourth-order valence-corrected chi connectivity index (χ4v) is 2.83. The molecular weight excluding hydrogens is 341 g/mol. The van der Waals surface area contributed by atoms with Crippen molar-refractivity contribution in [2.75, 3.05) is 17.2 Å². The highest BCUT2D eigenvalue weighted by atomic mass is 32.1. The number of nitrogens with zero attached hydrogens (tertiary/aromatic N) is 1. The molecule has 0 spiro atoms. The van der Waals surface area contributed by atoms with Gasteiger partial charge < -0.3 is 15.4 Å². The summed E-state index contributed by atoms with van der Waals surface area (Å²) in [5.41, 5.74) is 1.50. The SMILES string of the molecule is CCOc1ccc(Nc2nc(C(=O)Nc3cccc(F)c3)cs2)cc1. The maximum atomic E-state index is 13.2. The third kappa shape index (κ3) is 4.54. The van der Waals surface area contributed by atoms with E-state index in [0.717, 1.165) is 11.4 Å². The first-order chi connectivity index (χ1) is 12.1. The maximum Gasteiger partial charge on any atom is 0.275 e. The Morgan fingerprint density at radius 2 is 2.00 bits per heavy atom. The summed E-state index contributed by atoms with van der Waals surface area (Å²) < 4.78 is 18.6. The van der Waals surface area contributed by atoms with E-state index in [2.05, 4.69) is 15.6 Å². The van der Waals surface area contributed by atoms with Gasteiger partial charge in [0.05, 0.1) is 6.61 Å². The molecule has 0 saturated carbocycles. The smallest absolute Gasteiger partial charge is 0.275 e. The van der Waals surface area contributed by atoms with Gasteiger partial charge in [0.25, 0.3) is 5.91 Å². The predicted octanol–water partition coefficient (Wildman–Crippen LogP) is 4.68. The molecule has 1 heterocycles. The highest BCUT2D eigenvalue weighted by Gasteiger charge is 2.11. The van der Waals surface area contributed by atoms with E-state index in [1.807, 2.05) is 31.2 Å². The lowest BCUT2D eigenvalue weighted by Crippen LogP contribution is -2.12. The van der Waals surface area contributed by atoms with Crippen LogP contribution in [0.5, 0.6) is 5.75 Å². The third-order valence-corrected chi connectivity index (χ3v) is 3.99. The molecule has 25 heavy (non-hydrogen) atoms. The van der Waals surface area contributed by atoms with E-state index < -0.39 is 5.82 Å². The molecule has 2 aromatic carbocycles. The lowest BCUT2D eigenvalue weighted by Gasteiger charge is -2.05. The van der Waals surface area contributed by atoms with Crippen molar-refractivity contribution in [2.45, 2.75) is 6.92 Å². The summed E-state index contributed by atoms with van der Waals surface area (Å²) in [7, 11) is 0. The van der Waals surface area contributed by atoms with Gasteiger partial charge in [-0.3, -0.25) is 4.79 Å². The largest absolute Gasteiger partial charge is 0.494 e. The quantitative estimate of drug-likeness (QED) is 0.672. The average Bonchev–Trinajstić information content (AvgIpc) is 3.06. The van der Waals surface area contributed by atoms with E-state index in [9.17, 15) is 9.18 Å². The Morgan fingerprint density at radius 3 is 2.72 bits per heavy atom. The highest BCUT2D eigenvalue weighted by molar-refractivity contribution is 7.14. The van der Waals surface area contributed by atoms with Crippen molar-refractivity contribution < 1.29 is 13.9 Å². The first kappa shape index (κ1) is 16.9. The number of hydrogen-bond acceptors (Lipinski definition) is 5. The first-order valence-electron chi connectivity index (χ1n) is 7.66. The topological polar surface area (TPSA) is 63.2 Å². The Balaban J connectivity index is 1.64. The summed E-state index contributed by atoms with van der Waals surface area (Å²) in [4.78, 5) is 16.4. The summed E-state index contributed by atoms with van der Waals surface area (Å²) in [5, 5.41) is 7.99. The molecule has 7 heteroatoms. The number of aromatic nitrogens is 1. The van der Waals surface area contributed by atoms with Gasteiger partial charge in [0, 0.05) is 16.8 Å². The second-order valence-electron chi connectivity index (χ2n) is 5.08. The van der Waals surface area contributed by atoms with Crippen molar-refractivity contribution in [1.29, 1.82) is 0 Å². The van der Waals surface area contributed by atoms with Crippen LogP contribution < -0.4 is 15.4 Å². The van der Waals surface area contributed by atoms with Gasteiger partial charge in [-0.15, -0.1) is 11.3 Å². The summed E-state index contributed by atoms with van der Waals surface area (Å²) in [6, 6.07) is 13.2. The van der Waals surface area contributed by atoms with E-state index >= 15 is 0 Å². The Bertz CT molecular complexity index is 865.